The Hall–Kier alpha value is -1.95. The average Bonchev–Trinajstić information content (AvgIpc) is 2.77. The van der Waals surface area contributed by atoms with Crippen LogP contribution < -0.4 is 0 Å². The molecule has 5 nitrogen and oxygen atoms in total. The van der Waals surface area contributed by atoms with E-state index in [-0.39, 0.29) is 23.5 Å². The van der Waals surface area contributed by atoms with Crippen molar-refractivity contribution in [1.29, 1.82) is 0 Å². The van der Waals surface area contributed by atoms with Crippen molar-refractivity contribution in [3.05, 3.63) is 35.6 Å². The van der Waals surface area contributed by atoms with Crippen LogP contribution in [0.2, 0.25) is 0 Å². The van der Waals surface area contributed by atoms with Crippen molar-refractivity contribution in [2.75, 3.05) is 39.8 Å². The standard InChI is InChI=1S/C18H24FN3O2/c1-20-13-15(11-17(20)23)18(24)22-8-2-7-21(9-10-22)12-14-3-5-16(19)6-4-14/h3-6,15H,2,7-13H2,1H3/t15-/m1/s1. The van der Waals surface area contributed by atoms with Crippen molar-refractivity contribution in [1.82, 2.24) is 14.7 Å². The van der Waals surface area contributed by atoms with E-state index < -0.39 is 0 Å². The Kier molecular flexibility index (Phi) is 5.14. The summed E-state index contributed by atoms with van der Waals surface area (Å²) in [5.74, 6) is -0.244. The maximum Gasteiger partial charge on any atom is 0.228 e. The molecule has 1 aromatic carbocycles. The molecule has 0 bridgehead atoms. The van der Waals surface area contributed by atoms with Crippen LogP contribution in [0.15, 0.2) is 24.3 Å². The van der Waals surface area contributed by atoms with Gasteiger partial charge in [-0.3, -0.25) is 14.5 Å². The van der Waals surface area contributed by atoms with Crippen LogP contribution in [-0.2, 0) is 16.1 Å². The van der Waals surface area contributed by atoms with Gasteiger partial charge in [0.05, 0.1) is 5.92 Å². The van der Waals surface area contributed by atoms with E-state index in [9.17, 15) is 14.0 Å². The van der Waals surface area contributed by atoms with Gasteiger partial charge in [-0.25, -0.2) is 4.39 Å². The maximum atomic E-state index is 13.0. The topological polar surface area (TPSA) is 43.9 Å². The Balaban J connectivity index is 1.54. The Bertz CT molecular complexity index is 605. The monoisotopic (exact) mass is 333 g/mol. The minimum atomic E-state index is -0.220. The highest BCUT2D eigenvalue weighted by atomic mass is 19.1. The molecule has 2 aliphatic rings. The van der Waals surface area contributed by atoms with Crippen molar-refractivity contribution in [3.8, 4) is 0 Å². The predicted octanol–water partition coefficient (Wildman–Crippen LogP) is 1.34. The molecule has 0 saturated carbocycles. The Morgan fingerprint density at radius 3 is 2.58 bits per heavy atom. The average molecular weight is 333 g/mol. The van der Waals surface area contributed by atoms with Gasteiger partial charge in [0.1, 0.15) is 5.82 Å². The van der Waals surface area contributed by atoms with Gasteiger partial charge in [-0.2, -0.15) is 0 Å². The number of benzene rings is 1. The summed E-state index contributed by atoms with van der Waals surface area (Å²) in [4.78, 5) is 30.1. The second-order valence-electron chi connectivity index (χ2n) is 6.76. The molecule has 2 saturated heterocycles. The minimum absolute atomic E-state index is 0.0566. The fraction of sp³-hybridized carbons (Fsp3) is 0.556. The maximum absolute atomic E-state index is 13.0. The summed E-state index contributed by atoms with van der Waals surface area (Å²) in [5.41, 5.74) is 1.08. The number of halogens is 1. The van der Waals surface area contributed by atoms with E-state index in [4.69, 9.17) is 0 Å². The van der Waals surface area contributed by atoms with Crippen molar-refractivity contribution in [2.45, 2.75) is 19.4 Å². The number of carbonyl (C=O) groups excluding carboxylic acids is 2. The van der Waals surface area contributed by atoms with E-state index in [1.165, 1.54) is 12.1 Å². The molecule has 3 rings (SSSR count). The zero-order valence-electron chi connectivity index (χ0n) is 14.1. The van der Waals surface area contributed by atoms with Gasteiger partial charge in [0.2, 0.25) is 11.8 Å². The van der Waals surface area contributed by atoms with Crippen molar-refractivity contribution in [2.24, 2.45) is 5.92 Å². The van der Waals surface area contributed by atoms with E-state index in [2.05, 4.69) is 4.90 Å². The molecule has 6 heteroatoms. The SMILES string of the molecule is CN1C[C@H](C(=O)N2CCCN(Cc3ccc(F)cc3)CC2)CC1=O. The molecule has 130 valence electrons. The van der Waals surface area contributed by atoms with E-state index in [0.717, 1.165) is 38.2 Å². The summed E-state index contributed by atoms with van der Waals surface area (Å²) in [5, 5.41) is 0. The number of rotatable bonds is 3. The highest BCUT2D eigenvalue weighted by Gasteiger charge is 2.35. The minimum Gasteiger partial charge on any atom is -0.345 e. The first-order valence-electron chi connectivity index (χ1n) is 8.52. The lowest BCUT2D eigenvalue weighted by Crippen LogP contribution is -2.39. The third kappa shape index (κ3) is 3.93. The highest BCUT2D eigenvalue weighted by molar-refractivity contribution is 5.89. The van der Waals surface area contributed by atoms with E-state index in [0.29, 0.717) is 19.5 Å². The van der Waals surface area contributed by atoms with Crippen LogP contribution in [0.5, 0.6) is 0 Å². The number of nitrogens with zero attached hydrogens (tertiary/aromatic N) is 3. The first-order valence-corrected chi connectivity index (χ1v) is 8.52. The molecular formula is C18H24FN3O2. The summed E-state index contributed by atoms with van der Waals surface area (Å²) < 4.78 is 13.0. The second-order valence-corrected chi connectivity index (χ2v) is 6.76. The fourth-order valence-corrected chi connectivity index (χ4v) is 3.48. The molecular weight excluding hydrogens is 309 g/mol. The van der Waals surface area contributed by atoms with Crippen molar-refractivity contribution >= 4 is 11.8 Å². The third-order valence-corrected chi connectivity index (χ3v) is 4.91. The van der Waals surface area contributed by atoms with Crippen LogP contribution in [0.1, 0.15) is 18.4 Å². The van der Waals surface area contributed by atoms with Gasteiger partial charge in [0.25, 0.3) is 0 Å². The summed E-state index contributed by atoms with van der Waals surface area (Å²) >= 11 is 0. The molecule has 0 aromatic heterocycles. The quantitative estimate of drug-likeness (QED) is 0.838. The largest absolute Gasteiger partial charge is 0.345 e. The summed E-state index contributed by atoms with van der Waals surface area (Å²) in [6.07, 6.45) is 1.26. The lowest BCUT2D eigenvalue weighted by Gasteiger charge is -2.24. The highest BCUT2D eigenvalue weighted by Crippen LogP contribution is 2.20. The van der Waals surface area contributed by atoms with E-state index in [1.807, 2.05) is 17.0 Å². The molecule has 0 N–H and O–H groups in total. The molecule has 0 spiro atoms. The molecule has 2 amide bonds. The molecule has 2 aliphatic heterocycles. The molecule has 2 fully saturated rings. The number of carbonyl (C=O) groups is 2. The molecule has 24 heavy (non-hydrogen) atoms. The Labute approximate surface area is 142 Å². The van der Waals surface area contributed by atoms with Crippen molar-refractivity contribution < 1.29 is 14.0 Å². The van der Waals surface area contributed by atoms with Crippen LogP contribution in [0, 0.1) is 11.7 Å². The third-order valence-electron chi connectivity index (χ3n) is 4.91. The second kappa shape index (κ2) is 7.30. The number of likely N-dealkylation sites (tertiary alicyclic amines) is 1. The van der Waals surface area contributed by atoms with Gasteiger partial charge >= 0.3 is 0 Å². The normalized spacial score (nSPS) is 22.8. The van der Waals surface area contributed by atoms with Gasteiger partial charge < -0.3 is 9.80 Å². The van der Waals surface area contributed by atoms with Crippen LogP contribution in [0.25, 0.3) is 0 Å². The van der Waals surface area contributed by atoms with Crippen molar-refractivity contribution in [3.63, 3.8) is 0 Å². The predicted molar refractivity (Wildman–Crippen MR) is 88.6 cm³/mol. The van der Waals surface area contributed by atoms with Gasteiger partial charge in [-0.15, -0.1) is 0 Å². The summed E-state index contributed by atoms with van der Waals surface area (Å²) in [7, 11) is 1.75. The van der Waals surface area contributed by atoms with Crippen LogP contribution in [0.4, 0.5) is 4.39 Å². The van der Waals surface area contributed by atoms with E-state index in [1.54, 1.807) is 11.9 Å². The molecule has 0 aliphatic carbocycles. The molecule has 0 unspecified atom stereocenters. The molecule has 0 radical (unpaired) electrons. The van der Waals surface area contributed by atoms with Crippen LogP contribution in [-0.4, -0.2) is 66.3 Å². The lowest BCUT2D eigenvalue weighted by atomic mass is 10.1. The van der Waals surface area contributed by atoms with Gasteiger partial charge in [-0.1, -0.05) is 12.1 Å². The summed E-state index contributed by atoms with van der Waals surface area (Å²) in [6, 6.07) is 6.58. The number of hydrogen-bond donors (Lipinski definition) is 0. The number of hydrogen-bond acceptors (Lipinski definition) is 3. The van der Waals surface area contributed by atoms with E-state index >= 15 is 0 Å². The fourth-order valence-electron chi connectivity index (χ4n) is 3.48. The molecule has 2 heterocycles. The zero-order valence-corrected chi connectivity index (χ0v) is 14.1. The lowest BCUT2D eigenvalue weighted by molar-refractivity contribution is -0.135. The first kappa shape index (κ1) is 16.9. The van der Waals surface area contributed by atoms with Crippen LogP contribution in [0.3, 0.4) is 0 Å². The Morgan fingerprint density at radius 2 is 1.92 bits per heavy atom. The van der Waals surface area contributed by atoms with Crippen LogP contribution >= 0.6 is 0 Å². The van der Waals surface area contributed by atoms with Gasteiger partial charge in [-0.05, 0) is 24.1 Å². The molecule has 1 atom stereocenters. The van der Waals surface area contributed by atoms with Gasteiger partial charge in [0, 0.05) is 52.7 Å². The zero-order chi connectivity index (χ0) is 17.1. The smallest absolute Gasteiger partial charge is 0.228 e. The Morgan fingerprint density at radius 1 is 1.17 bits per heavy atom. The number of amides is 2. The first-order chi connectivity index (χ1) is 11.5. The summed E-state index contributed by atoms with van der Waals surface area (Å²) in [6.45, 7) is 4.46. The molecule has 1 aromatic rings. The van der Waals surface area contributed by atoms with Gasteiger partial charge in [0.15, 0.2) is 0 Å².